The second-order valence-electron chi connectivity index (χ2n) is 7.30. The fourth-order valence-corrected chi connectivity index (χ4v) is 3.81. The lowest BCUT2D eigenvalue weighted by molar-refractivity contribution is -0.384. The fraction of sp³-hybridized carbons (Fsp3) is 0.304. The van der Waals surface area contributed by atoms with Gasteiger partial charge in [-0.1, -0.05) is 42.0 Å². The van der Waals surface area contributed by atoms with Crippen molar-refractivity contribution in [3.63, 3.8) is 0 Å². The molecule has 2 aromatic rings. The molecule has 156 valence electrons. The molecule has 1 aliphatic rings. The number of carbonyl (C=O) groups excluding carboxylic acids is 2. The first-order valence-corrected chi connectivity index (χ1v) is 9.80. The Morgan fingerprint density at radius 2 is 1.93 bits per heavy atom. The molecule has 1 unspecified atom stereocenters. The van der Waals surface area contributed by atoms with Crippen LogP contribution in [-0.4, -0.2) is 28.3 Å². The quantitative estimate of drug-likeness (QED) is 0.405. The first-order valence-electron chi connectivity index (χ1n) is 9.80. The lowest BCUT2D eigenvalue weighted by Gasteiger charge is -2.34. The Bertz CT molecular complexity index is 1030. The van der Waals surface area contributed by atoms with Crippen molar-refractivity contribution in [1.82, 2.24) is 4.90 Å². The fourth-order valence-electron chi connectivity index (χ4n) is 3.81. The number of nitro benzene ring substituents is 1. The molecule has 0 N–H and O–H groups in total. The van der Waals surface area contributed by atoms with Crippen LogP contribution < -0.4 is 0 Å². The summed E-state index contributed by atoms with van der Waals surface area (Å²) < 4.78 is 5.27. The molecule has 0 spiro atoms. The van der Waals surface area contributed by atoms with Crippen molar-refractivity contribution in [2.24, 2.45) is 0 Å². The van der Waals surface area contributed by atoms with Crippen molar-refractivity contribution in [3.05, 3.63) is 86.6 Å². The standard InChI is InChI=1S/C23H24N2O5/c1-4-30-23(27)22-16(3)24(14-17-8-5-7-15(2)11-17)21(26)13-20(22)18-9-6-10-19(12-18)25(28)29/h5-12,20H,4,13-14H2,1-3H3. The van der Waals surface area contributed by atoms with Crippen LogP contribution in [0.3, 0.4) is 0 Å². The number of amides is 1. The summed E-state index contributed by atoms with van der Waals surface area (Å²) in [5.74, 6) is -1.24. The minimum atomic E-state index is -0.592. The average Bonchev–Trinajstić information content (AvgIpc) is 2.71. The summed E-state index contributed by atoms with van der Waals surface area (Å²) in [5, 5.41) is 11.2. The SMILES string of the molecule is CCOC(=O)C1=C(C)N(Cc2cccc(C)c2)C(=O)CC1c1cccc([N+](=O)[O-])c1. The van der Waals surface area contributed by atoms with E-state index in [0.29, 0.717) is 23.4 Å². The molecule has 1 heterocycles. The van der Waals surface area contributed by atoms with Crippen LogP contribution in [0.5, 0.6) is 0 Å². The maximum Gasteiger partial charge on any atom is 0.336 e. The van der Waals surface area contributed by atoms with Crippen molar-refractivity contribution in [2.45, 2.75) is 39.7 Å². The molecular weight excluding hydrogens is 384 g/mol. The molecule has 1 aliphatic heterocycles. The molecule has 0 fully saturated rings. The second kappa shape index (κ2) is 8.90. The maximum atomic E-state index is 13.0. The van der Waals surface area contributed by atoms with Crippen LogP contribution in [-0.2, 0) is 20.9 Å². The second-order valence-corrected chi connectivity index (χ2v) is 7.30. The third-order valence-corrected chi connectivity index (χ3v) is 5.22. The van der Waals surface area contributed by atoms with E-state index in [4.69, 9.17) is 4.74 Å². The van der Waals surface area contributed by atoms with Gasteiger partial charge in [0.25, 0.3) is 5.69 Å². The van der Waals surface area contributed by atoms with Crippen LogP contribution in [0.25, 0.3) is 0 Å². The van der Waals surface area contributed by atoms with E-state index in [1.165, 1.54) is 12.1 Å². The van der Waals surface area contributed by atoms with E-state index in [9.17, 15) is 19.7 Å². The number of benzene rings is 2. The summed E-state index contributed by atoms with van der Waals surface area (Å²) in [6, 6.07) is 13.9. The minimum Gasteiger partial charge on any atom is -0.463 e. The zero-order chi connectivity index (χ0) is 21.8. The van der Waals surface area contributed by atoms with Gasteiger partial charge in [-0.05, 0) is 31.9 Å². The Hall–Kier alpha value is -3.48. The number of esters is 1. The number of rotatable bonds is 6. The van der Waals surface area contributed by atoms with Gasteiger partial charge in [-0.15, -0.1) is 0 Å². The summed E-state index contributed by atoms with van der Waals surface area (Å²) in [7, 11) is 0. The van der Waals surface area contributed by atoms with Crippen LogP contribution in [0.15, 0.2) is 59.8 Å². The highest BCUT2D eigenvalue weighted by Gasteiger charge is 2.37. The van der Waals surface area contributed by atoms with Crippen molar-refractivity contribution in [3.8, 4) is 0 Å². The van der Waals surface area contributed by atoms with E-state index < -0.39 is 16.8 Å². The number of aryl methyl sites for hydroxylation is 1. The van der Waals surface area contributed by atoms with Gasteiger partial charge >= 0.3 is 5.97 Å². The molecule has 0 aliphatic carbocycles. The molecular formula is C23H24N2O5. The molecule has 0 aromatic heterocycles. The van der Waals surface area contributed by atoms with Crippen molar-refractivity contribution in [1.29, 1.82) is 0 Å². The summed E-state index contributed by atoms with van der Waals surface area (Å²) in [6.45, 7) is 5.96. The van der Waals surface area contributed by atoms with Crippen molar-refractivity contribution < 1.29 is 19.2 Å². The van der Waals surface area contributed by atoms with Crippen LogP contribution in [0.4, 0.5) is 5.69 Å². The lowest BCUT2D eigenvalue weighted by atomic mass is 9.83. The topological polar surface area (TPSA) is 89.8 Å². The molecule has 1 atom stereocenters. The van der Waals surface area contributed by atoms with E-state index in [2.05, 4.69) is 0 Å². The number of hydrogen-bond acceptors (Lipinski definition) is 5. The van der Waals surface area contributed by atoms with Gasteiger partial charge in [0.15, 0.2) is 0 Å². The monoisotopic (exact) mass is 408 g/mol. The zero-order valence-electron chi connectivity index (χ0n) is 17.3. The molecule has 7 nitrogen and oxygen atoms in total. The molecule has 2 aromatic carbocycles. The first-order chi connectivity index (χ1) is 14.3. The molecule has 3 rings (SSSR count). The van der Waals surface area contributed by atoms with E-state index in [-0.39, 0.29) is 24.6 Å². The summed E-state index contributed by atoms with van der Waals surface area (Å²) in [4.78, 5) is 38.1. The van der Waals surface area contributed by atoms with Gasteiger partial charge in [-0.3, -0.25) is 14.9 Å². The average molecular weight is 408 g/mol. The summed E-state index contributed by atoms with van der Waals surface area (Å²) in [5.41, 5.74) is 3.39. The highest BCUT2D eigenvalue weighted by Crippen LogP contribution is 2.38. The van der Waals surface area contributed by atoms with E-state index in [0.717, 1.165) is 11.1 Å². The lowest BCUT2D eigenvalue weighted by Crippen LogP contribution is -2.38. The van der Waals surface area contributed by atoms with Crippen LogP contribution in [0.1, 0.15) is 42.9 Å². The van der Waals surface area contributed by atoms with Gasteiger partial charge in [-0.2, -0.15) is 0 Å². The molecule has 0 radical (unpaired) electrons. The third kappa shape index (κ3) is 4.40. The number of hydrogen-bond donors (Lipinski definition) is 0. The van der Waals surface area contributed by atoms with Gasteiger partial charge in [-0.25, -0.2) is 4.79 Å². The van der Waals surface area contributed by atoms with Crippen molar-refractivity contribution in [2.75, 3.05) is 6.61 Å². The first kappa shape index (κ1) is 21.2. The smallest absolute Gasteiger partial charge is 0.336 e. The molecule has 0 saturated carbocycles. The van der Waals surface area contributed by atoms with Gasteiger partial charge in [0.2, 0.25) is 5.91 Å². The Morgan fingerprint density at radius 1 is 1.20 bits per heavy atom. The molecule has 0 bridgehead atoms. The molecule has 7 heteroatoms. The Balaban J connectivity index is 2.05. The molecule has 1 amide bonds. The van der Waals surface area contributed by atoms with Crippen LogP contribution in [0, 0.1) is 17.0 Å². The Kier molecular flexibility index (Phi) is 6.30. The van der Waals surface area contributed by atoms with E-state index >= 15 is 0 Å². The Labute approximate surface area is 175 Å². The molecule has 0 saturated heterocycles. The minimum absolute atomic E-state index is 0.0401. The van der Waals surface area contributed by atoms with Gasteiger partial charge in [0.05, 0.1) is 23.6 Å². The number of carbonyl (C=O) groups is 2. The molecule has 30 heavy (non-hydrogen) atoms. The summed E-state index contributed by atoms with van der Waals surface area (Å²) in [6.07, 6.45) is 0.0401. The van der Waals surface area contributed by atoms with E-state index in [1.807, 2.05) is 31.2 Å². The summed E-state index contributed by atoms with van der Waals surface area (Å²) >= 11 is 0. The number of allylic oxidation sites excluding steroid dienone is 1. The Morgan fingerprint density at radius 3 is 2.60 bits per heavy atom. The van der Waals surface area contributed by atoms with Crippen molar-refractivity contribution >= 4 is 17.6 Å². The largest absolute Gasteiger partial charge is 0.463 e. The predicted molar refractivity (Wildman–Crippen MR) is 112 cm³/mol. The normalized spacial score (nSPS) is 16.6. The van der Waals surface area contributed by atoms with Crippen LogP contribution in [0.2, 0.25) is 0 Å². The van der Waals surface area contributed by atoms with E-state index in [1.54, 1.807) is 30.9 Å². The van der Waals surface area contributed by atoms with Gasteiger partial charge in [0.1, 0.15) is 0 Å². The highest BCUT2D eigenvalue weighted by molar-refractivity contribution is 5.95. The predicted octanol–water partition coefficient (Wildman–Crippen LogP) is 4.26. The van der Waals surface area contributed by atoms with Gasteiger partial charge in [0, 0.05) is 30.2 Å². The third-order valence-electron chi connectivity index (χ3n) is 5.22. The zero-order valence-corrected chi connectivity index (χ0v) is 17.3. The number of nitro groups is 1. The number of non-ortho nitro benzene ring substituents is 1. The maximum absolute atomic E-state index is 13.0. The van der Waals surface area contributed by atoms with Crippen LogP contribution >= 0.6 is 0 Å². The highest BCUT2D eigenvalue weighted by atomic mass is 16.6. The number of nitrogens with zero attached hydrogens (tertiary/aromatic N) is 2. The number of ether oxygens (including phenoxy) is 1. The van der Waals surface area contributed by atoms with Gasteiger partial charge < -0.3 is 9.64 Å².